The minimum atomic E-state index is 0.607. The van der Waals surface area contributed by atoms with Crippen molar-refractivity contribution in [3.05, 3.63) is 35.4 Å². The fourth-order valence-corrected chi connectivity index (χ4v) is 1.29. The topological polar surface area (TPSA) is 21.6 Å². The van der Waals surface area contributed by atoms with Crippen LogP contribution in [0.1, 0.15) is 11.1 Å². The Kier molecular flexibility index (Phi) is 3.17. The van der Waals surface area contributed by atoms with Crippen molar-refractivity contribution in [2.75, 3.05) is 7.11 Å². The third-order valence-corrected chi connectivity index (χ3v) is 1.89. The molecule has 0 aromatic heterocycles. The van der Waals surface area contributed by atoms with E-state index in [0.29, 0.717) is 5.04 Å². The van der Waals surface area contributed by atoms with Crippen LogP contribution < -0.4 is 0 Å². The third kappa shape index (κ3) is 2.01. The van der Waals surface area contributed by atoms with Crippen LogP contribution in [0.2, 0.25) is 0 Å². The Labute approximate surface area is 77.6 Å². The average molecular weight is 181 g/mol. The second-order valence-corrected chi connectivity index (χ2v) is 2.84. The summed E-state index contributed by atoms with van der Waals surface area (Å²) in [4.78, 5) is 4.62. The normalized spacial score (nSPS) is 11.4. The highest BCUT2D eigenvalue weighted by atomic mass is 32.1. The van der Waals surface area contributed by atoms with Crippen molar-refractivity contribution in [1.82, 2.24) is 0 Å². The number of nitrogens with zero attached hydrogens (tertiary/aromatic N) is 1. The standard InChI is InChI=1S/C9H11NOS/c1-7-5-3-4-6-8(7)9(12)10-11-2/h3-6H,1-2H3,(H,10,12). The molecule has 1 aromatic carbocycles. The Morgan fingerprint density at radius 1 is 1.42 bits per heavy atom. The summed E-state index contributed by atoms with van der Waals surface area (Å²) in [5.74, 6) is 0. The zero-order chi connectivity index (χ0) is 8.97. The van der Waals surface area contributed by atoms with Gasteiger partial charge in [-0.15, -0.1) is 12.6 Å². The van der Waals surface area contributed by atoms with Gasteiger partial charge < -0.3 is 4.84 Å². The molecule has 1 aromatic rings. The van der Waals surface area contributed by atoms with E-state index in [2.05, 4.69) is 22.6 Å². The summed E-state index contributed by atoms with van der Waals surface area (Å²) in [5.41, 5.74) is 2.14. The van der Waals surface area contributed by atoms with Crippen molar-refractivity contribution in [3.63, 3.8) is 0 Å². The minimum Gasteiger partial charge on any atom is -0.398 e. The molecule has 0 radical (unpaired) electrons. The van der Waals surface area contributed by atoms with E-state index in [4.69, 9.17) is 0 Å². The molecule has 0 atom stereocenters. The Morgan fingerprint density at radius 3 is 2.67 bits per heavy atom. The maximum absolute atomic E-state index is 4.62. The van der Waals surface area contributed by atoms with Crippen molar-refractivity contribution in [2.45, 2.75) is 6.92 Å². The van der Waals surface area contributed by atoms with Gasteiger partial charge >= 0.3 is 0 Å². The van der Waals surface area contributed by atoms with Gasteiger partial charge in [-0.1, -0.05) is 29.4 Å². The van der Waals surface area contributed by atoms with Gasteiger partial charge in [-0.3, -0.25) is 0 Å². The molecule has 0 unspecified atom stereocenters. The Hall–Kier alpha value is -0.960. The van der Waals surface area contributed by atoms with Gasteiger partial charge in [0.1, 0.15) is 12.2 Å². The smallest absolute Gasteiger partial charge is 0.140 e. The maximum Gasteiger partial charge on any atom is 0.140 e. The first-order valence-electron chi connectivity index (χ1n) is 3.62. The third-order valence-electron chi connectivity index (χ3n) is 1.56. The number of hydrogen-bond donors (Lipinski definition) is 1. The monoisotopic (exact) mass is 181 g/mol. The number of rotatable bonds is 2. The summed E-state index contributed by atoms with van der Waals surface area (Å²) in [6.45, 7) is 2.01. The number of hydrogen-bond acceptors (Lipinski definition) is 2. The second kappa shape index (κ2) is 4.16. The summed E-state index contributed by atoms with van der Waals surface area (Å²) in [6, 6.07) is 7.90. The minimum absolute atomic E-state index is 0.607. The highest BCUT2D eigenvalue weighted by Gasteiger charge is 2.00. The van der Waals surface area contributed by atoms with E-state index in [1.54, 1.807) is 0 Å². The lowest BCUT2D eigenvalue weighted by Gasteiger charge is -2.01. The van der Waals surface area contributed by atoms with E-state index in [1.165, 1.54) is 7.11 Å². The molecule has 12 heavy (non-hydrogen) atoms. The van der Waals surface area contributed by atoms with E-state index >= 15 is 0 Å². The molecule has 0 spiro atoms. The van der Waals surface area contributed by atoms with E-state index in [9.17, 15) is 0 Å². The first-order valence-corrected chi connectivity index (χ1v) is 4.06. The van der Waals surface area contributed by atoms with Crippen molar-refractivity contribution in [3.8, 4) is 0 Å². The average Bonchev–Trinajstić information content (AvgIpc) is 2.05. The number of oxime groups is 1. The van der Waals surface area contributed by atoms with E-state index in [0.717, 1.165) is 11.1 Å². The van der Waals surface area contributed by atoms with E-state index < -0.39 is 0 Å². The Balaban J connectivity index is 3.02. The first kappa shape index (κ1) is 9.13. The van der Waals surface area contributed by atoms with Crippen LogP contribution in [-0.2, 0) is 4.84 Å². The predicted molar refractivity (Wildman–Crippen MR) is 53.7 cm³/mol. The molecule has 1 rings (SSSR count). The van der Waals surface area contributed by atoms with E-state index in [1.807, 2.05) is 31.2 Å². The maximum atomic E-state index is 4.62. The highest BCUT2D eigenvalue weighted by molar-refractivity contribution is 7.97. The fourth-order valence-electron chi connectivity index (χ4n) is 0.959. The van der Waals surface area contributed by atoms with Gasteiger partial charge in [-0.2, -0.15) is 0 Å². The lowest BCUT2D eigenvalue weighted by molar-refractivity contribution is 0.215. The molecule has 0 amide bonds. The zero-order valence-corrected chi connectivity index (χ0v) is 8.01. The van der Waals surface area contributed by atoms with Crippen molar-refractivity contribution in [2.24, 2.45) is 5.16 Å². The molecule has 3 heteroatoms. The quantitative estimate of drug-likeness (QED) is 0.321. The second-order valence-electron chi connectivity index (χ2n) is 2.41. The molecule has 0 saturated heterocycles. The van der Waals surface area contributed by atoms with Gasteiger partial charge in [0, 0.05) is 5.56 Å². The molecule has 0 N–H and O–H groups in total. The molecule has 0 aliphatic heterocycles. The summed E-state index contributed by atoms with van der Waals surface area (Å²) in [5, 5.41) is 4.34. The molecule has 0 bridgehead atoms. The molecular weight excluding hydrogens is 170 g/mol. The van der Waals surface area contributed by atoms with Crippen molar-refractivity contribution >= 4 is 17.7 Å². The predicted octanol–water partition coefficient (Wildman–Crippen LogP) is 2.23. The molecule has 0 aliphatic rings. The van der Waals surface area contributed by atoms with Crippen LogP contribution in [0.5, 0.6) is 0 Å². The molecule has 0 aliphatic carbocycles. The molecule has 0 fully saturated rings. The van der Waals surface area contributed by atoms with Gasteiger partial charge in [0.15, 0.2) is 0 Å². The lowest BCUT2D eigenvalue weighted by Crippen LogP contribution is -1.94. The molecule has 0 heterocycles. The summed E-state index contributed by atoms with van der Waals surface area (Å²) in [6.07, 6.45) is 0. The summed E-state index contributed by atoms with van der Waals surface area (Å²) < 4.78 is 0. The molecule has 2 nitrogen and oxygen atoms in total. The largest absolute Gasteiger partial charge is 0.398 e. The lowest BCUT2D eigenvalue weighted by atomic mass is 10.1. The molecular formula is C9H11NOS. The number of benzene rings is 1. The fraction of sp³-hybridized carbons (Fsp3) is 0.222. The van der Waals surface area contributed by atoms with Crippen LogP contribution in [0, 0.1) is 6.92 Å². The van der Waals surface area contributed by atoms with Crippen LogP contribution in [0.4, 0.5) is 0 Å². The summed E-state index contributed by atoms with van der Waals surface area (Å²) in [7, 11) is 1.51. The first-order chi connectivity index (χ1) is 5.75. The Bertz CT molecular complexity index is 296. The van der Waals surface area contributed by atoms with E-state index in [-0.39, 0.29) is 0 Å². The van der Waals surface area contributed by atoms with Gasteiger partial charge in [0.05, 0.1) is 0 Å². The van der Waals surface area contributed by atoms with Crippen LogP contribution in [0.25, 0.3) is 0 Å². The molecule has 0 saturated carbocycles. The van der Waals surface area contributed by atoms with Gasteiger partial charge in [-0.05, 0) is 12.5 Å². The van der Waals surface area contributed by atoms with Crippen molar-refractivity contribution in [1.29, 1.82) is 0 Å². The van der Waals surface area contributed by atoms with Gasteiger partial charge in [0.2, 0.25) is 0 Å². The Morgan fingerprint density at radius 2 is 2.08 bits per heavy atom. The van der Waals surface area contributed by atoms with Crippen LogP contribution in [-0.4, -0.2) is 12.2 Å². The van der Waals surface area contributed by atoms with Gasteiger partial charge in [0.25, 0.3) is 0 Å². The van der Waals surface area contributed by atoms with Crippen LogP contribution in [0.3, 0.4) is 0 Å². The van der Waals surface area contributed by atoms with Crippen LogP contribution in [0.15, 0.2) is 29.4 Å². The van der Waals surface area contributed by atoms with Crippen molar-refractivity contribution < 1.29 is 4.84 Å². The van der Waals surface area contributed by atoms with Gasteiger partial charge in [-0.25, -0.2) is 0 Å². The highest BCUT2D eigenvalue weighted by Crippen LogP contribution is 2.10. The summed E-state index contributed by atoms with van der Waals surface area (Å²) >= 11 is 4.19. The van der Waals surface area contributed by atoms with Crippen LogP contribution >= 0.6 is 12.6 Å². The number of thiol groups is 1. The molecule has 64 valence electrons. The SMILES string of the molecule is CO/N=C(/S)c1ccccc1C. The zero-order valence-electron chi connectivity index (χ0n) is 7.11. The number of aryl methyl sites for hydroxylation is 1.